The maximum absolute atomic E-state index is 10.9. The van der Waals surface area contributed by atoms with E-state index in [9.17, 15) is 4.79 Å². The van der Waals surface area contributed by atoms with Gasteiger partial charge in [0.1, 0.15) is 6.29 Å². The summed E-state index contributed by atoms with van der Waals surface area (Å²) in [5.41, 5.74) is -0.503. The molecular formula is C10H18O3W. The van der Waals surface area contributed by atoms with Crippen LogP contribution in [-0.2, 0) is 35.3 Å². The van der Waals surface area contributed by atoms with Crippen LogP contribution >= 0.6 is 0 Å². The fraction of sp³-hybridized carbons (Fsp3) is 0.700. The van der Waals surface area contributed by atoms with Crippen LogP contribution in [0, 0.1) is 19.3 Å². The van der Waals surface area contributed by atoms with Gasteiger partial charge in [-0.05, 0) is 5.41 Å². The number of carbonyl (C=O) groups is 1. The Kier molecular flexibility index (Phi) is 10.2. The normalized spacial score (nSPS) is 11.2. The summed E-state index contributed by atoms with van der Waals surface area (Å²) in [4.78, 5) is 10.9. The Bertz CT molecular complexity index is 142. The molecule has 0 rings (SSSR count). The van der Waals surface area contributed by atoms with Gasteiger partial charge in [0.25, 0.3) is 0 Å². The molecule has 0 amide bonds. The molecule has 82 valence electrons. The van der Waals surface area contributed by atoms with E-state index in [-0.39, 0.29) is 27.4 Å². The van der Waals surface area contributed by atoms with Crippen molar-refractivity contribution in [2.24, 2.45) is 5.41 Å². The van der Waals surface area contributed by atoms with Gasteiger partial charge in [-0.25, -0.2) is 0 Å². The number of ether oxygens (including phenoxy) is 2. The van der Waals surface area contributed by atoms with Crippen LogP contribution in [0.25, 0.3) is 0 Å². The molecule has 0 aliphatic heterocycles. The second kappa shape index (κ2) is 8.58. The first-order valence-corrected chi connectivity index (χ1v) is 4.28. The van der Waals surface area contributed by atoms with Gasteiger partial charge in [-0.2, -0.15) is 12.8 Å². The Hall–Kier alpha value is 0.278. The molecule has 0 radical (unpaired) electrons. The first kappa shape index (κ1) is 16.7. The summed E-state index contributed by atoms with van der Waals surface area (Å²) in [5, 5.41) is 0. The molecule has 0 aliphatic carbocycles. The predicted molar refractivity (Wildman–Crippen MR) is 50.9 cm³/mol. The minimum absolute atomic E-state index is 0. The van der Waals surface area contributed by atoms with Crippen molar-refractivity contribution in [3.63, 3.8) is 0 Å². The number of hydrogen-bond donors (Lipinski definition) is 0. The van der Waals surface area contributed by atoms with E-state index >= 15 is 0 Å². The summed E-state index contributed by atoms with van der Waals surface area (Å²) in [5.74, 6) is 0. The summed E-state index contributed by atoms with van der Waals surface area (Å²) < 4.78 is 10.0. The van der Waals surface area contributed by atoms with E-state index < -0.39 is 5.41 Å². The topological polar surface area (TPSA) is 35.5 Å². The molecular weight excluding hydrogens is 352 g/mol. The van der Waals surface area contributed by atoms with Crippen LogP contribution in [0.15, 0.2) is 0 Å². The molecule has 0 aromatic rings. The van der Waals surface area contributed by atoms with Gasteiger partial charge in [0.2, 0.25) is 0 Å². The maximum atomic E-state index is 10.9. The molecule has 14 heavy (non-hydrogen) atoms. The van der Waals surface area contributed by atoms with E-state index in [0.717, 1.165) is 6.29 Å². The quantitative estimate of drug-likeness (QED) is 0.388. The zero-order valence-electron chi connectivity index (χ0n) is 8.82. The smallest absolute Gasteiger partial charge is 0.356 e. The number of carbonyl (C=O) groups excluding carboxylic acids is 1. The predicted octanol–water partition coefficient (Wildman–Crippen LogP) is 1.63. The zero-order valence-corrected chi connectivity index (χ0v) is 11.8. The molecule has 0 heterocycles. The van der Waals surface area contributed by atoms with Crippen LogP contribution in [0.4, 0.5) is 0 Å². The van der Waals surface area contributed by atoms with Gasteiger partial charge in [0, 0.05) is 20.6 Å². The summed E-state index contributed by atoms with van der Waals surface area (Å²) in [6.45, 7) is 7.48. The maximum Gasteiger partial charge on any atom is 2.00 e. The third kappa shape index (κ3) is 4.67. The zero-order chi connectivity index (χ0) is 10.3. The Morgan fingerprint density at radius 2 is 1.71 bits per heavy atom. The van der Waals surface area contributed by atoms with Gasteiger partial charge in [-0.1, -0.05) is 0 Å². The molecule has 4 heteroatoms. The van der Waals surface area contributed by atoms with E-state index in [4.69, 9.17) is 9.47 Å². The third-order valence-corrected chi connectivity index (χ3v) is 2.34. The van der Waals surface area contributed by atoms with Crippen LogP contribution < -0.4 is 0 Å². The fourth-order valence-corrected chi connectivity index (χ4v) is 1.09. The van der Waals surface area contributed by atoms with Gasteiger partial charge in [-0.3, -0.25) is 0 Å². The van der Waals surface area contributed by atoms with Crippen LogP contribution in [-0.4, -0.2) is 26.8 Å². The van der Waals surface area contributed by atoms with Crippen molar-refractivity contribution >= 4 is 6.29 Å². The van der Waals surface area contributed by atoms with Crippen LogP contribution in [0.3, 0.4) is 0 Å². The molecule has 3 nitrogen and oxygen atoms in total. The van der Waals surface area contributed by atoms with E-state index in [1.165, 1.54) is 0 Å². The van der Waals surface area contributed by atoms with Crippen LogP contribution in [0.2, 0.25) is 0 Å². The second-order valence-electron chi connectivity index (χ2n) is 3.09. The molecule has 0 atom stereocenters. The number of methoxy groups -OCH3 is 2. The summed E-state index contributed by atoms with van der Waals surface area (Å²) in [7, 11) is 3.10. The van der Waals surface area contributed by atoms with Crippen molar-refractivity contribution in [3.8, 4) is 0 Å². The average molecular weight is 370 g/mol. The van der Waals surface area contributed by atoms with Crippen molar-refractivity contribution in [2.75, 3.05) is 14.2 Å². The Morgan fingerprint density at radius 3 is 1.93 bits per heavy atom. The second-order valence-corrected chi connectivity index (χ2v) is 3.09. The minimum atomic E-state index is -0.503. The van der Waals surface area contributed by atoms with Crippen molar-refractivity contribution in [1.29, 1.82) is 0 Å². The number of aldehydes is 1. The Balaban J connectivity index is 0. The van der Waals surface area contributed by atoms with E-state index in [1.807, 2.05) is 0 Å². The Labute approximate surface area is 101 Å². The fourth-order valence-electron chi connectivity index (χ4n) is 1.09. The van der Waals surface area contributed by atoms with E-state index in [0.29, 0.717) is 19.3 Å². The van der Waals surface area contributed by atoms with Gasteiger partial charge >= 0.3 is 21.1 Å². The molecule has 0 N–H and O–H groups in total. The third-order valence-electron chi connectivity index (χ3n) is 2.34. The van der Waals surface area contributed by atoms with Crippen molar-refractivity contribution in [2.45, 2.75) is 25.6 Å². The first-order chi connectivity index (χ1) is 6.17. The first-order valence-electron chi connectivity index (χ1n) is 4.28. The molecule has 0 saturated heterocycles. The van der Waals surface area contributed by atoms with E-state index in [1.54, 1.807) is 14.2 Å². The molecule has 0 aromatic heterocycles. The molecule has 0 spiro atoms. The molecule has 0 fully saturated rings. The standard InChI is InChI=1S/C10H18O3.W/c1-5-10(6-2,8-11)7-9(12-3)13-4;/h8-9H,1-2,5-7H2,3-4H3;/q-2;+2. The van der Waals surface area contributed by atoms with Crippen LogP contribution in [0.1, 0.15) is 19.3 Å². The Morgan fingerprint density at radius 1 is 1.29 bits per heavy atom. The molecule has 0 aromatic carbocycles. The van der Waals surface area contributed by atoms with Crippen molar-refractivity contribution < 1.29 is 35.3 Å². The average Bonchev–Trinajstić information content (AvgIpc) is 2.21. The number of hydrogen-bond acceptors (Lipinski definition) is 3. The monoisotopic (exact) mass is 370 g/mol. The van der Waals surface area contributed by atoms with Crippen molar-refractivity contribution in [1.82, 2.24) is 0 Å². The minimum Gasteiger partial charge on any atom is -0.356 e. The largest absolute Gasteiger partial charge is 2.00 e. The van der Waals surface area contributed by atoms with Gasteiger partial charge < -0.3 is 28.1 Å². The molecule has 0 bridgehead atoms. The van der Waals surface area contributed by atoms with Crippen molar-refractivity contribution in [3.05, 3.63) is 13.8 Å². The number of rotatable bonds is 7. The van der Waals surface area contributed by atoms with Crippen LogP contribution in [0.5, 0.6) is 0 Å². The van der Waals surface area contributed by atoms with E-state index in [2.05, 4.69) is 13.8 Å². The summed E-state index contributed by atoms with van der Waals surface area (Å²) in [6, 6.07) is 0. The SMILES string of the molecule is [CH2-]CC(C=O)(C[CH2-])CC(OC)OC.[W+2]. The molecule has 0 unspecified atom stereocenters. The van der Waals surface area contributed by atoms with Gasteiger partial charge in [0.05, 0.1) is 0 Å². The van der Waals surface area contributed by atoms with Gasteiger partial charge in [0.15, 0.2) is 6.29 Å². The molecule has 0 saturated carbocycles. The summed E-state index contributed by atoms with van der Waals surface area (Å²) in [6.07, 6.45) is 2.09. The summed E-state index contributed by atoms with van der Waals surface area (Å²) >= 11 is 0. The molecule has 0 aliphatic rings. The van der Waals surface area contributed by atoms with Gasteiger partial charge in [-0.15, -0.1) is 0 Å².